The fourth-order valence-electron chi connectivity index (χ4n) is 1.77. The molecule has 16 heavy (non-hydrogen) atoms. The van der Waals surface area contributed by atoms with E-state index in [4.69, 9.17) is 0 Å². The van der Waals surface area contributed by atoms with Gasteiger partial charge in [0.25, 0.3) is 0 Å². The minimum absolute atomic E-state index is 0.446. The smallest absolute Gasteiger partial charge is 0.157 e. The summed E-state index contributed by atoms with van der Waals surface area (Å²) >= 11 is 3.69. The zero-order chi connectivity index (χ0) is 11.4. The van der Waals surface area contributed by atoms with Crippen LogP contribution in [0.5, 0.6) is 0 Å². The largest absolute Gasteiger partial charge is 0.357 e. The molecule has 4 heteroatoms. The lowest BCUT2D eigenvalue weighted by Crippen LogP contribution is -2.24. The van der Waals surface area contributed by atoms with Crippen LogP contribution in [0.1, 0.15) is 37.6 Å². The molecule has 1 N–H and O–H groups in total. The van der Waals surface area contributed by atoms with Crippen molar-refractivity contribution in [3.05, 3.63) is 22.4 Å². The summed E-state index contributed by atoms with van der Waals surface area (Å²) in [7, 11) is 0. The molecular formula is C12H18N2S2. The first kappa shape index (κ1) is 12.0. The summed E-state index contributed by atoms with van der Waals surface area (Å²) in [6, 6.07) is 4.78. The fourth-order valence-corrected chi connectivity index (χ4v) is 3.47. The Labute approximate surface area is 106 Å². The van der Waals surface area contributed by atoms with Crippen LogP contribution in [0.2, 0.25) is 0 Å². The molecule has 2 heterocycles. The maximum Gasteiger partial charge on any atom is 0.157 e. The molecule has 0 radical (unpaired) electrons. The number of nitrogens with one attached hydrogen (secondary N) is 1. The minimum atomic E-state index is 0.446. The molecule has 2 rings (SSSR count). The van der Waals surface area contributed by atoms with E-state index >= 15 is 0 Å². The Hall–Kier alpha value is -0.480. The summed E-state index contributed by atoms with van der Waals surface area (Å²) in [6.07, 6.45) is 2.37. The maximum atomic E-state index is 4.52. The Bertz CT molecular complexity index is 346. The number of hydrogen-bond acceptors (Lipinski definition) is 4. The topological polar surface area (TPSA) is 24.4 Å². The lowest BCUT2D eigenvalue weighted by Gasteiger charge is -2.17. The zero-order valence-electron chi connectivity index (χ0n) is 9.77. The van der Waals surface area contributed by atoms with Crippen molar-refractivity contribution in [1.29, 1.82) is 0 Å². The molecule has 0 aliphatic carbocycles. The molecular weight excluding hydrogens is 236 g/mol. The fraction of sp³-hybridized carbons (Fsp3) is 0.583. The van der Waals surface area contributed by atoms with E-state index in [0.29, 0.717) is 11.3 Å². The van der Waals surface area contributed by atoms with Crippen LogP contribution < -0.4 is 5.32 Å². The van der Waals surface area contributed by atoms with Gasteiger partial charge < -0.3 is 5.32 Å². The standard InChI is InChI=1S/C12H18N2S2/c1-3-5-10(11-6-4-7-15-11)14-12-13-8-9(2)16-12/h4,6-7,9-10H,3,5,8H2,1-2H3,(H,13,14). The van der Waals surface area contributed by atoms with Crippen LogP contribution in [0.3, 0.4) is 0 Å². The average Bonchev–Trinajstić information content (AvgIpc) is 2.88. The van der Waals surface area contributed by atoms with E-state index in [1.165, 1.54) is 17.7 Å². The van der Waals surface area contributed by atoms with Crippen molar-refractivity contribution in [2.75, 3.05) is 6.54 Å². The SMILES string of the molecule is CCCC(NC1=NCC(C)S1)c1cccs1. The minimum Gasteiger partial charge on any atom is -0.357 e. The van der Waals surface area contributed by atoms with Gasteiger partial charge in [-0.15, -0.1) is 11.3 Å². The van der Waals surface area contributed by atoms with Crippen molar-refractivity contribution in [2.45, 2.75) is 38.0 Å². The number of hydrogen-bond donors (Lipinski definition) is 1. The van der Waals surface area contributed by atoms with Crippen LogP contribution in [0, 0.1) is 0 Å². The first-order valence-electron chi connectivity index (χ1n) is 5.80. The predicted molar refractivity (Wildman–Crippen MR) is 74.5 cm³/mol. The van der Waals surface area contributed by atoms with Crippen LogP contribution in [-0.2, 0) is 0 Å². The van der Waals surface area contributed by atoms with Gasteiger partial charge in [0, 0.05) is 10.1 Å². The Morgan fingerprint density at radius 3 is 3.06 bits per heavy atom. The van der Waals surface area contributed by atoms with Gasteiger partial charge in [0.1, 0.15) is 0 Å². The molecule has 0 saturated heterocycles. The first-order valence-corrected chi connectivity index (χ1v) is 7.56. The second-order valence-corrected chi connectivity index (χ2v) is 6.48. The summed E-state index contributed by atoms with van der Waals surface area (Å²) in [4.78, 5) is 5.94. The molecule has 2 atom stereocenters. The highest BCUT2D eigenvalue weighted by Crippen LogP contribution is 2.26. The van der Waals surface area contributed by atoms with Gasteiger partial charge in [0.2, 0.25) is 0 Å². The van der Waals surface area contributed by atoms with Crippen LogP contribution in [-0.4, -0.2) is 17.0 Å². The van der Waals surface area contributed by atoms with Crippen molar-refractivity contribution in [3.8, 4) is 0 Å². The van der Waals surface area contributed by atoms with Gasteiger partial charge in [0.05, 0.1) is 12.6 Å². The van der Waals surface area contributed by atoms with Gasteiger partial charge in [-0.3, -0.25) is 4.99 Å². The average molecular weight is 254 g/mol. The van der Waals surface area contributed by atoms with Crippen molar-refractivity contribution in [2.24, 2.45) is 4.99 Å². The van der Waals surface area contributed by atoms with Crippen molar-refractivity contribution in [1.82, 2.24) is 5.32 Å². The lowest BCUT2D eigenvalue weighted by atomic mass is 10.1. The van der Waals surface area contributed by atoms with Gasteiger partial charge in [-0.2, -0.15) is 0 Å². The van der Waals surface area contributed by atoms with E-state index < -0.39 is 0 Å². The van der Waals surface area contributed by atoms with E-state index in [0.717, 1.165) is 11.7 Å². The molecule has 0 amide bonds. The second kappa shape index (κ2) is 5.73. The molecule has 1 aromatic heterocycles. The number of aliphatic imine (C=N–C) groups is 1. The number of thioether (sulfide) groups is 1. The molecule has 88 valence electrons. The van der Waals surface area contributed by atoms with E-state index in [9.17, 15) is 0 Å². The predicted octanol–water partition coefficient (Wildman–Crippen LogP) is 3.67. The molecule has 2 unspecified atom stereocenters. The maximum absolute atomic E-state index is 4.52. The molecule has 1 aliphatic rings. The highest BCUT2D eigenvalue weighted by atomic mass is 32.2. The van der Waals surface area contributed by atoms with Crippen LogP contribution >= 0.6 is 23.1 Å². The third-order valence-corrected chi connectivity index (χ3v) is 4.57. The molecule has 1 aromatic rings. The number of rotatable bonds is 4. The quantitative estimate of drug-likeness (QED) is 0.886. The van der Waals surface area contributed by atoms with E-state index in [1.54, 1.807) is 0 Å². The van der Waals surface area contributed by atoms with Gasteiger partial charge in [0.15, 0.2) is 5.17 Å². The number of nitrogens with zero attached hydrogens (tertiary/aromatic N) is 1. The number of thiophene rings is 1. The van der Waals surface area contributed by atoms with E-state index in [-0.39, 0.29) is 0 Å². The Balaban J connectivity index is 1.98. The number of amidine groups is 1. The third kappa shape index (κ3) is 3.01. The summed E-state index contributed by atoms with van der Waals surface area (Å²) in [5, 5.41) is 7.47. The van der Waals surface area contributed by atoms with Crippen molar-refractivity contribution in [3.63, 3.8) is 0 Å². The van der Waals surface area contributed by atoms with Gasteiger partial charge in [-0.25, -0.2) is 0 Å². The van der Waals surface area contributed by atoms with E-state index in [1.807, 2.05) is 23.1 Å². The van der Waals surface area contributed by atoms with Gasteiger partial charge >= 0.3 is 0 Å². The highest BCUT2D eigenvalue weighted by molar-refractivity contribution is 8.14. The summed E-state index contributed by atoms with van der Waals surface area (Å²) in [5.74, 6) is 0. The van der Waals surface area contributed by atoms with Crippen molar-refractivity contribution >= 4 is 28.3 Å². The lowest BCUT2D eigenvalue weighted by molar-refractivity contribution is 0.594. The normalized spacial score (nSPS) is 21.9. The van der Waals surface area contributed by atoms with E-state index in [2.05, 4.69) is 41.7 Å². The molecule has 0 spiro atoms. The summed E-state index contributed by atoms with van der Waals surface area (Å²) < 4.78 is 0. The molecule has 0 aromatic carbocycles. The highest BCUT2D eigenvalue weighted by Gasteiger charge is 2.19. The van der Waals surface area contributed by atoms with Crippen LogP contribution in [0.15, 0.2) is 22.5 Å². The third-order valence-electron chi connectivity index (χ3n) is 2.57. The summed E-state index contributed by atoms with van der Waals surface area (Å²) in [5.41, 5.74) is 0. The van der Waals surface area contributed by atoms with Crippen molar-refractivity contribution < 1.29 is 0 Å². The van der Waals surface area contributed by atoms with Gasteiger partial charge in [-0.05, 0) is 17.9 Å². The Morgan fingerprint density at radius 1 is 1.62 bits per heavy atom. The van der Waals surface area contributed by atoms with Gasteiger partial charge in [-0.1, -0.05) is 38.1 Å². The summed E-state index contributed by atoms with van der Waals surface area (Å²) in [6.45, 7) is 5.41. The molecule has 1 aliphatic heterocycles. The molecule has 0 saturated carbocycles. The Kier molecular flexibility index (Phi) is 4.29. The molecule has 0 bridgehead atoms. The zero-order valence-corrected chi connectivity index (χ0v) is 11.4. The van der Waals surface area contributed by atoms with Crippen LogP contribution in [0.4, 0.5) is 0 Å². The van der Waals surface area contributed by atoms with Crippen LogP contribution in [0.25, 0.3) is 0 Å². The second-order valence-electron chi connectivity index (χ2n) is 4.08. The molecule has 2 nitrogen and oxygen atoms in total. The molecule has 0 fully saturated rings. The Morgan fingerprint density at radius 2 is 2.50 bits per heavy atom. The monoisotopic (exact) mass is 254 g/mol. The first-order chi connectivity index (χ1) is 7.79.